The van der Waals surface area contributed by atoms with Crippen molar-refractivity contribution in [2.45, 2.75) is 6.61 Å². The zero-order chi connectivity index (χ0) is 15.2. The Hall–Kier alpha value is -1.78. The lowest BCUT2D eigenvalue weighted by atomic mass is 10.2. The highest BCUT2D eigenvalue weighted by Gasteiger charge is 2.03. The van der Waals surface area contributed by atoms with E-state index < -0.39 is 5.97 Å². The van der Waals surface area contributed by atoms with E-state index in [1.165, 1.54) is 6.08 Å². The summed E-state index contributed by atoms with van der Waals surface area (Å²) in [5, 5.41) is 9.02. The second kappa shape index (κ2) is 7.29. The fourth-order valence-electron chi connectivity index (χ4n) is 1.65. The number of ether oxygens (including phenoxy) is 1. The number of benzene rings is 2. The summed E-state index contributed by atoms with van der Waals surface area (Å²) in [6.45, 7) is 0.414. The van der Waals surface area contributed by atoms with Gasteiger partial charge in [0.25, 0.3) is 0 Å². The van der Waals surface area contributed by atoms with Gasteiger partial charge in [-0.25, -0.2) is 4.79 Å². The Labute approximate surface area is 135 Å². The van der Waals surface area contributed by atoms with Gasteiger partial charge in [0, 0.05) is 10.5 Å². The third-order valence-electron chi connectivity index (χ3n) is 2.68. The Bertz CT molecular complexity index is 666. The summed E-state index contributed by atoms with van der Waals surface area (Å²) in [7, 11) is 0. The summed E-state index contributed by atoms with van der Waals surface area (Å²) in [5.74, 6) is -0.436. The lowest BCUT2D eigenvalue weighted by Crippen LogP contribution is -1.96. The van der Waals surface area contributed by atoms with Crippen molar-refractivity contribution < 1.29 is 14.6 Å². The molecule has 0 aliphatic rings. The van der Waals surface area contributed by atoms with E-state index in [2.05, 4.69) is 15.9 Å². The molecule has 0 unspecified atom stereocenters. The molecule has 0 saturated carbocycles. The maximum atomic E-state index is 10.5. The van der Waals surface area contributed by atoms with E-state index in [4.69, 9.17) is 21.4 Å². The van der Waals surface area contributed by atoms with Crippen LogP contribution in [-0.2, 0) is 11.4 Å². The van der Waals surface area contributed by atoms with E-state index >= 15 is 0 Å². The van der Waals surface area contributed by atoms with Crippen molar-refractivity contribution in [1.29, 1.82) is 0 Å². The van der Waals surface area contributed by atoms with E-state index in [-0.39, 0.29) is 0 Å². The van der Waals surface area contributed by atoms with Crippen LogP contribution in [0.4, 0.5) is 0 Å². The zero-order valence-corrected chi connectivity index (χ0v) is 13.3. The van der Waals surface area contributed by atoms with E-state index in [0.29, 0.717) is 22.9 Å². The van der Waals surface area contributed by atoms with Crippen molar-refractivity contribution in [3.05, 3.63) is 69.2 Å². The molecule has 5 heteroatoms. The average Bonchev–Trinajstić information content (AvgIpc) is 2.46. The second-order valence-corrected chi connectivity index (χ2v) is 5.60. The zero-order valence-electron chi connectivity index (χ0n) is 10.9. The third-order valence-corrected chi connectivity index (χ3v) is 3.51. The number of halogens is 2. The molecule has 3 nitrogen and oxygen atoms in total. The normalized spacial score (nSPS) is 10.8. The van der Waals surface area contributed by atoms with E-state index in [0.717, 1.165) is 16.1 Å². The first-order chi connectivity index (χ1) is 10.0. The molecule has 2 aromatic carbocycles. The van der Waals surface area contributed by atoms with Crippen LogP contribution < -0.4 is 4.74 Å². The fraction of sp³-hybridized carbons (Fsp3) is 0.0625. The molecule has 108 valence electrons. The number of carbonyl (C=O) groups is 1. The lowest BCUT2D eigenvalue weighted by Gasteiger charge is -2.09. The van der Waals surface area contributed by atoms with Crippen LogP contribution in [0.5, 0.6) is 5.75 Å². The molecule has 0 atom stereocenters. The molecule has 2 rings (SSSR count). The van der Waals surface area contributed by atoms with Gasteiger partial charge in [-0.05, 0) is 41.5 Å². The smallest absolute Gasteiger partial charge is 0.328 e. The number of carboxylic acid groups (broad SMARTS) is 1. The molecule has 2 aromatic rings. The molecule has 0 aliphatic carbocycles. The van der Waals surface area contributed by atoms with Gasteiger partial charge >= 0.3 is 5.97 Å². The highest BCUT2D eigenvalue weighted by Crippen LogP contribution is 2.27. The molecule has 0 saturated heterocycles. The van der Waals surface area contributed by atoms with Crippen molar-refractivity contribution in [2.75, 3.05) is 0 Å². The fourth-order valence-corrected chi connectivity index (χ4v) is 2.15. The maximum absolute atomic E-state index is 10.5. The molecule has 0 fully saturated rings. The van der Waals surface area contributed by atoms with Crippen LogP contribution in [0.2, 0.25) is 5.02 Å². The van der Waals surface area contributed by atoms with Gasteiger partial charge in [-0.15, -0.1) is 0 Å². The minimum Gasteiger partial charge on any atom is -0.487 e. The van der Waals surface area contributed by atoms with E-state index in [1.54, 1.807) is 18.2 Å². The first-order valence-corrected chi connectivity index (χ1v) is 7.29. The van der Waals surface area contributed by atoms with Crippen LogP contribution in [0.25, 0.3) is 6.08 Å². The van der Waals surface area contributed by atoms with Gasteiger partial charge in [0.15, 0.2) is 0 Å². The van der Waals surface area contributed by atoms with Gasteiger partial charge in [0.2, 0.25) is 0 Å². The Morgan fingerprint density at radius 1 is 1.24 bits per heavy atom. The second-order valence-electron chi connectivity index (χ2n) is 4.28. The molecule has 0 spiro atoms. The molecule has 0 aromatic heterocycles. The third kappa shape index (κ3) is 4.92. The molecule has 0 heterocycles. The van der Waals surface area contributed by atoms with Crippen LogP contribution in [0.3, 0.4) is 0 Å². The lowest BCUT2D eigenvalue weighted by molar-refractivity contribution is -0.131. The molecule has 21 heavy (non-hydrogen) atoms. The van der Waals surface area contributed by atoms with Gasteiger partial charge in [-0.3, -0.25) is 0 Å². The quantitative estimate of drug-likeness (QED) is 0.774. The van der Waals surface area contributed by atoms with Crippen molar-refractivity contribution in [3.63, 3.8) is 0 Å². The van der Waals surface area contributed by atoms with E-state index in [9.17, 15) is 4.79 Å². The van der Waals surface area contributed by atoms with Crippen LogP contribution in [0.15, 0.2) is 53.0 Å². The van der Waals surface area contributed by atoms with Crippen LogP contribution >= 0.6 is 27.5 Å². The molecular formula is C16H12BrClO3. The minimum atomic E-state index is -0.998. The highest BCUT2D eigenvalue weighted by atomic mass is 79.9. The predicted octanol–water partition coefficient (Wildman–Crippen LogP) is 4.78. The largest absolute Gasteiger partial charge is 0.487 e. The summed E-state index contributed by atoms with van der Waals surface area (Å²) in [6.07, 6.45) is 2.54. The molecule has 0 radical (unpaired) electrons. The average molecular weight is 368 g/mol. The van der Waals surface area contributed by atoms with Crippen LogP contribution in [-0.4, -0.2) is 11.1 Å². The van der Waals surface area contributed by atoms with Crippen LogP contribution in [0.1, 0.15) is 11.1 Å². The van der Waals surface area contributed by atoms with Gasteiger partial charge in [-0.1, -0.05) is 45.7 Å². The Kier molecular flexibility index (Phi) is 5.42. The number of hydrogen-bond acceptors (Lipinski definition) is 2. The number of carboxylic acids is 1. The Morgan fingerprint density at radius 2 is 1.95 bits per heavy atom. The molecule has 0 bridgehead atoms. The first-order valence-electron chi connectivity index (χ1n) is 6.12. The van der Waals surface area contributed by atoms with Crippen LogP contribution in [0, 0.1) is 0 Å². The van der Waals surface area contributed by atoms with Crippen molar-refractivity contribution >= 4 is 39.6 Å². The maximum Gasteiger partial charge on any atom is 0.328 e. The standard InChI is InChI=1S/C16H12BrClO3/c17-13-5-1-12(2-6-13)10-21-15-7-3-11(9-14(15)18)4-8-16(19)20/h1-9H,10H2,(H,19,20). The van der Waals surface area contributed by atoms with Gasteiger partial charge < -0.3 is 9.84 Å². The van der Waals surface area contributed by atoms with Crippen molar-refractivity contribution in [3.8, 4) is 5.75 Å². The van der Waals surface area contributed by atoms with Crippen molar-refractivity contribution in [2.24, 2.45) is 0 Å². The topological polar surface area (TPSA) is 46.5 Å². The minimum absolute atomic E-state index is 0.414. The first kappa shape index (κ1) is 15.6. The molecule has 1 N–H and O–H groups in total. The number of rotatable bonds is 5. The monoisotopic (exact) mass is 366 g/mol. The Balaban J connectivity index is 2.04. The van der Waals surface area contributed by atoms with Gasteiger partial charge in [0.05, 0.1) is 5.02 Å². The number of hydrogen-bond donors (Lipinski definition) is 1. The van der Waals surface area contributed by atoms with E-state index in [1.807, 2.05) is 24.3 Å². The Morgan fingerprint density at radius 3 is 2.57 bits per heavy atom. The molecular weight excluding hydrogens is 356 g/mol. The molecule has 0 aliphatic heterocycles. The van der Waals surface area contributed by atoms with Gasteiger partial charge in [-0.2, -0.15) is 0 Å². The predicted molar refractivity (Wildman–Crippen MR) is 86.6 cm³/mol. The van der Waals surface area contributed by atoms with Crippen molar-refractivity contribution in [1.82, 2.24) is 0 Å². The summed E-state index contributed by atoms with van der Waals surface area (Å²) in [6, 6.07) is 13.0. The summed E-state index contributed by atoms with van der Waals surface area (Å²) in [4.78, 5) is 10.5. The SMILES string of the molecule is O=C(O)C=Cc1ccc(OCc2ccc(Br)cc2)c(Cl)c1. The molecule has 0 amide bonds. The summed E-state index contributed by atoms with van der Waals surface area (Å²) in [5.41, 5.74) is 1.74. The summed E-state index contributed by atoms with van der Waals surface area (Å²) < 4.78 is 6.67. The van der Waals surface area contributed by atoms with Gasteiger partial charge in [0.1, 0.15) is 12.4 Å². The number of aliphatic carboxylic acids is 1. The summed E-state index contributed by atoms with van der Waals surface area (Å²) >= 11 is 9.50. The highest BCUT2D eigenvalue weighted by molar-refractivity contribution is 9.10.